The third kappa shape index (κ3) is 3.78. The molecule has 1 aromatic rings. The second-order valence-electron chi connectivity index (χ2n) is 5.04. The number of halogens is 1. The van der Waals surface area contributed by atoms with E-state index in [1.165, 1.54) is 37.8 Å². The summed E-state index contributed by atoms with van der Waals surface area (Å²) in [5, 5.41) is 11.6. The van der Waals surface area contributed by atoms with Gasteiger partial charge in [0.15, 0.2) is 0 Å². The third-order valence-corrected chi connectivity index (χ3v) is 3.63. The average Bonchev–Trinajstić information content (AvgIpc) is 2.91. The maximum atomic E-state index is 13.0. The molecule has 100 valence electrons. The Bertz CT molecular complexity index is 501. The molecule has 0 aromatic heterocycles. The Morgan fingerprint density at radius 1 is 1.42 bits per heavy atom. The number of carbonyl (C=O) groups is 1. The number of nitrogens with zero attached hydrogens (tertiary/aromatic N) is 1. The number of anilines is 1. The molecule has 0 unspecified atom stereocenters. The van der Waals surface area contributed by atoms with Gasteiger partial charge < -0.3 is 5.32 Å². The van der Waals surface area contributed by atoms with Gasteiger partial charge in [0.2, 0.25) is 5.91 Å². The number of hydrogen-bond acceptors (Lipinski definition) is 2. The predicted molar refractivity (Wildman–Crippen MR) is 70.9 cm³/mol. The number of rotatable bonds is 4. The molecule has 1 amide bonds. The highest BCUT2D eigenvalue weighted by Crippen LogP contribution is 2.28. The van der Waals surface area contributed by atoms with Crippen molar-refractivity contribution in [3.63, 3.8) is 0 Å². The van der Waals surface area contributed by atoms with Crippen LogP contribution in [0.1, 0.15) is 44.1 Å². The summed E-state index contributed by atoms with van der Waals surface area (Å²) in [6.07, 6.45) is 6.33. The average molecular weight is 260 g/mol. The molecule has 0 heterocycles. The van der Waals surface area contributed by atoms with Crippen molar-refractivity contribution in [1.82, 2.24) is 0 Å². The number of nitriles is 1. The number of benzene rings is 1. The highest BCUT2D eigenvalue weighted by molar-refractivity contribution is 5.92. The van der Waals surface area contributed by atoms with Crippen LogP contribution in [-0.4, -0.2) is 5.91 Å². The Morgan fingerprint density at radius 3 is 2.84 bits per heavy atom. The van der Waals surface area contributed by atoms with Crippen molar-refractivity contribution in [2.75, 3.05) is 5.32 Å². The zero-order valence-electron chi connectivity index (χ0n) is 10.8. The van der Waals surface area contributed by atoms with E-state index in [9.17, 15) is 9.18 Å². The molecule has 1 fully saturated rings. The minimum atomic E-state index is -0.472. The smallest absolute Gasteiger partial charge is 0.224 e. The molecule has 0 radical (unpaired) electrons. The molecule has 1 saturated carbocycles. The monoisotopic (exact) mass is 260 g/mol. The van der Waals surface area contributed by atoms with Gasteiger partial charge in [-0.25, -0.2) is 4.39 Å². The van der Waals surface area contributed by atoms with Gasteiger partial charge in [-0.05, 0) is 30.5 Å². The summed E-state index contributed by atoms with van der Waals surface area (Å²) >= 11 is 0. The predicted octanol–water partition coefficient (Wildman–Crippen LogP) is 3.61. The number of nitrogens with one attached hydrogen (secondary N) is 1. The maximum Gasteiger partial charge on any atom is 0.224 e. The fourth-order valence-electron chi connectivity index (χ4n) is 2.56. The SMILES string of the molecule is N#Cc1cc(F)ccc1NC(=O)CCC1CCCC1. The van der Waals surface area contributed by atoms with E-state index >= 15 is 0 Å². The van der Waals surface area contributed by atoms with Gasteiger partial charge in [-0.2, -0.15) is 5.26 Å². The lowest BCUT2D eigenvalue weighted by Gasteiger charge is -2.10. The number of carbonyl (C=O) groups excluding carboxylic acids is 1. The molecule has 1 aliphatic rings. The second-order valence-corrected chi connectivity index (χ2v) is 5.04. The van der Waals surface area contributed by atoms with Crippen molar-refractivity contribution in [1.29, 1.82) is 5.26 Å². The molecule has 0 bridgehead atoms. The minimum Gasteiger partial charge on any atom is -0.325 e. The Hall–Kier alpha value is -1.89. The van der Waals surface area contributed by atoms with Crippen LogP contribution >= 0.6 is 0 Å². The summed E-state index contributed by atoms with van der Waals surface area (Å²) < 4.78 is 13.0. The topological polar surface area (TPSA) is 52.9 Å². The van der Waals surface area contributed by atoms with Gasteiger partial charge in [0.1, 0.15) is 11.9 Å². The molecular weight excluding hydrogens is 243 g/mol. The summed E-state index contributed by atoms with van der Waals surface area (Å²) in [5.41, 5.74) is 0.550. The summed E-state index contributed by atoms with van der Waals surface area (Å²) in [6, 6.07) is 5.69. The van der Waals surface area contributed by atoms with Crippen LogP contribution in [0.15, 0.2) is 18.2 Å². The van der Waals surface area contributed by atoms with Crippen LogP contribution in [0.3, 0.4) is 0 Å². The van der Waals surface area contributed by atoms with E-state index in [0.717, 1.165) is 12.5 Å². The van der Waals surface area contributed by atoms with Crippen molar-refractivity contribution < 1.29 is 9.18 Å². The van der Waals surface area contributed by atoms with E-state index in [1.807, 2.05) is 6.07 Å². The molecule has 1 aromatic carbocycles. The summed E-state index contributed by atoms with van der Waals surface area (Å²) in [6.45, 7) is 0. The first kappa shape index (κ1) is 13.5. The first-order chi connectivity index (χ1) is 9.19. The van der Waals surface area contributed by atoms with Crippen LogP contribution in [-0.2, 0) is 4.79 Å². The first-order valence-electron chi connectivity index (χ1n) is 6.68. The molecule has 1 aliphatic carbocycles. The summed E-state index contributed by atoms with van der Waals surface area (Å²) in [4.78, 5) is 11.8. The van der Waals surface area contributed by atoms with Gasteiger partial charge in [-0.3, -0.25) is 4.79 Å². The standard InChI is InChI=1S/C15H17FN2O/c16-13-6-7-14(12(9-13)10-17)18-15(19)8-5-11-3-1-2-4-11/h6-7,9,11H,1-5,8H2,(H,18,19). The van der Waals surface area contributed by atoms with E-state index in [0.29, 0.717) is 18.0 Å². The van der Waals surface area contributed by atoms with Crippen LogP contribution in [0, 0.1) is 23.1 Å². The quantitative estimate of drug-likeness (QED) is 0.899. The zero-order valence-corrected chi connectivity index (χ0v) is 10.8. The van der Waals surface area contributed by atoms with Gasteiger partial charge in [0.05, 0.1) is 11.3 Å². The molecule has 4 heteroatoms. The van der Waals surface area contributed by atoms with Gasteiger partial charge >= 0.3 is 0 Å². The molecule has 19 heavy (non-hydrogen) atoms. The zero-order chi connectivity index (χ0) is 13.7. The van der Waals surface area contributed by atoms with Crippen molar-refractivity contribution in [3.05, 3.63) is 29.6 Å². The molecule has 3 nitrogen and oxygen atoms in total. The van der Waals surface area contributed by atoms with Gasteiger partial charge in [0.25, 0.3) is 0 Å². The lowest BCUT2D eigenvalue weighted by Crippen LogP contribution is -2.13. The van der Waals surface area contributed by atoms with Gasteiger partial charge in [-0.1, -0.05) is 25.7 Å². The highest BCUT2D eigenvalue weighted by Gasteiger charge is 2.16. The summed E-state index contributed by atoms with van der Waals surface area (Å²) in [7, 11) is 0. The Kier molecular flexibility index (Phi) is 4.51. The van der Waals surface area contributed by atoms with Crippen LogP contribution in [0.4, 0.5) is 10.1 Å². The fourth-order valence-corrected chi connectivity index (χ4v) is 2.56. The van der Waals surface area contributed by atoms with Crippen LogP contribution in [0.25, 0.3) is 0 Å². The van der Waals surface area contributed by atoms with Crippen molar-refractivity contribution in [2.24, 2.45) is 5.92 Å². The van der Waals surface area contributed by atoms with E-state index in [-0.39, 0.29) is 11.5 Å². The Balaban J connectivity index is 1.89. The normalized spacial score (nSPS) is 15.2. The second kappa shape index (κ2) is 6.33. The van der Waals surface area contributed by atoms with Gasteiger partial charge in [-0.15, -0.1) is 0 Å². The van der Waals surface area contributed by atoms with Crippen LogP contribution in [0.5, 0.6) is 0 Å². The lowest BCUT2D eigenvalue weighted by molar-refractivity contribution is -0.116. The van der Waals surface area contributed by atoms with Crippen LogP contribution in [0.2, 0.25) is 0 Å². The Labute approximate surface area is 112 Å². The third-order valence-electron chi connectivity index (χ3n) is 3.63. The van der Waals surface area contributed by atoms with Crippen molar-refractivity contribution in [2.45, 2.75) is 38.5 Å². The Morgan fingerprint density at radius 2 is 2.16 bits per heavy atom. The minimum absolute atomic E-state index is 0.102. The lowest BCUT2D eigenvalue weighted by atomic mass is 10.0. The van der Waals surface area contributed by atoms with Crippen LogP contribution < -0.4 is 5.32 Å². The summed E-state index contributed by atoms with van der Waals surface area (Å²) in [5.74, 6) is 0.0879. The van der Waals surface area contributed by atoms with Gasteiger partial charge in [0, 0.05) is 6.42 Å². The molecule has 0 atom stereocenters. The molecule has 0 saturated heterocycles. The number of amides is 1. The molecule has 2 rings (SSSR count). The number of hydrogen-bond donors (Lipinski definition) is 1. The van der Waals surface area contributed by atoms with E-state index in [1.54, 1.807) is 0 Å². The van der Waals surface area contributed by atoms with E-state index in [4.69, 9.17) is 5.26 Å². The molecule has 1 N–H and O–H groups in total. The molecule has 0 spiro atoms. The van der Waals surface area contributed by atoms with Crippen molar-refractivity contribution >= 4 is 11.6 Å². The van der Waals surface area contributed by atoms with Crippen molar-refractivity contribution in [3.8, 4) is 6.07 Å². The fraction of sp³-hybridized carbons (Fsp3) is 0.467. The van der Waals surface area contributed by atoms with E-state index in [2.05, 4.69) is 5.32 Å². The van der Waals surface area contributed by atoms with E-state index < -0.39 is 5.82 Å². The largest absolute Gasteiger partial charge is 0.325 e. The highest BCUT2D eigenvalue weighted by atomic mass is 19.1. The maximum absolute atomic E-state index is 13.0. The first-order valence-corrected chi connectivity index (χ1v) is 6.68. The molecule has 0 aliphatic heterocycles. The molecular formula is C15H17FN2O.